The Balaban J connectivity index is 1.99. The normalized spacial score (nSPS) is 15.9. The predicted molar refractivity (Wildman–Crippen MR) is 78.7 cm³/mol. The van der Waals surface area contributed by atoms with E-state index in [9.17, 15) is 0 Å². The first kappa shape index (κ1) is 12.3. The van der Waals surface area contributed by atoms with E-state index in [-0.39, 0.29) is 0 Å². The Morgan fingerprint density at radius 3 is 2.32 bits per heavy atom. The molecule has 1 saturated carbocycles. The SMILES string of the molecule is COc1ccc(-c2ccc(C)n2C2CCCC2)cc1. The fraction of sp³-hybridized carbons (Fsp3) is 0.412. The number of aryl methyl sites for hydroxylation is 1. The molecule has 100 valence electrons. The Hall–Kier alpha value is -1.70. The molecule has 0 N–H and O–H groups in total. The average Bonchev–Trinajstić information content (AvgIpc) is 3.08. The summed E-state index contributed by atoms with van der Waals surface area (Å²) < 4.78 is 7.76. The molecule has 0 atom stereocenters. The number of benzene rings is 1. The Bertz CT molecular complexity index is 547. The molecule has 1 aromatic heterocycles. The minimum atomic E-state index is 0.687. The molecule has 19 heavy (non-hydrogen) atoms. The second kappa shape index (κ2) is 5.12. The van der Waals surface area contributed by atoms with Crippen molar-refractivity contribution in [3.8, 4) is 17.0 Å². The third-order valence-electron chi connectivity index (χ3n) is 4.20. The lowest BCUT2D eigenvalue weighted by molar-refractivity contribution is 0.415. The topological polar surface area (TPSA) is 14.2 Å². The first-order valence-corrected chi connectivity index (χ1v) is 7.12. The highest BCUT2D eigenvalue weighted by molar-refractivity contribution is 5.62. The van der Waals surface area contributed by atoms with Crippen molar-refractivity contribution in [3.63, 3.8) is 0 Å². The largest absolute Gasteiger partial charge is 0.497 e. The van der Waals surface area contributed by atoms with Crippen molar-refractivity contribution in [1.29, 1.82) is 0 Å². The van der Waals surface area contributed by atoms with Crippen molar-refractivity contribution in [1.82, 2.24) is 4.57 Å². The number of methoxy groups -OCH3 is 1. The highest BCUT2D eigenvalue weighted by atomic mass is 16.5. The molecule has 0 unspecified atom stereocenters. The number of hydrogen-bond donors (Lipinski definition) is 0. The number of rotatable bonds is 3. The monoisotopic (exact) mass is 255 g/mol. The van der Waals surface area contributed by atoms with Crippen molar-refractivity contribution >= 4 is 0 Å². The zero-order valence-electron chi connectivity index (χ0n) is 11.7. The highest BCUT2D eigenvalue weighted by Gasteiger charge is 2.20. The minimum absolute atomic E-state index is 0.687. The fourth-order valence-electron chi connectivity index (χ4n) is 3.19. The molecule has 2 heteroatoms. The molecule has 0 aliphatic heterocycles. The van der Waals surface area contributed by atoms with E-state index >= 15 is 0 Å². The Labute approximate surface area is 115 Å². The maximum absolute atomic E-state index is 5.23. The van der Waals surface area contributed by atoms with Gasteiger partial charge in [-0.05, 0) is 61.7 Å². The summed E-state index contributed by atoms with van der Waals surface area (Å²) in [4.78, 5) is 0. The molecule has 0 radical (unpaired) electrons. The summed E-state index contributed by atoms with van der Waals surface area (Å²) in [5.41, 5.74) is 3.99. The van der Waals surface area contributed by atoms with Gasteiger partial charge in [0.1, 0.15) is 5.75 Å². The number of ether oxygens (including phenoxy) is 1. The van der Waals surface area contributed by atoms with Crippen molar-refractivity contribution < 1.29 is 4.74 Å². The molecule has 1 fully saturated rings. The maximum Gasteiger partial charge on any atom is 0.118 e. The van der Waals surface area contributed by atoms with Crippen LogP contribution < -0.4 is 4.74 Å². The third kappa shape index (κ3) is 2.27. The number of aromatic nitrogens is 1. The van der Waals surface area contributed by atoms with E-state index in [1.54, 1.807) is 7.11 Å². The number of nitrogens with zero attached hydrogens (tertiary/aromatic N) is 1. The van der Waals surface area contributed by atoms with Gasteiger partial charge >= 0.3 is 0 Å². The van der Waals surface area contributed by atoms with Gasteiger partial charge in [0.05, 0.1) is 7.11 Å². The van der Waals surface area contributed by atoms with Gasteiger partial charge in [-0.25, -0.2) is 0 Å². The second-order valence-corrected chi connectivity index (χ2v) is 5.40. The van der Waals surface area contributed by atoms with E-state index in [1.165, 1.54) is 42.6 Å². The van der Waals surface area contributed by atoms with Crippen LogP contribution in [-0.4, -0.2) is 11.7 Å². The standard InChI is InChI=1S/C17H21NO/c1-13-7-12-17(18(13)15-5-3-4-6-15)14-8-10-16(19-2)11-9-14/h7-12,15H,3-6H2,1-2H3. The lowest BCUT2D eigenvalue weighted by Crippen LogP contribution is -2.07. The predicted octanol–water partition coefficient (Wildman–Crippen LogP) is 4.59. The molecule has 3 rings (SSSR count). The molecule has 1 aliphatic rings. The summed E-state index contributed by atoms with van der Waals surface area (Å²) in [5.74, 6) is 0.916. The average molecular weight is 255 g/mol. The van der Waals surface area contributed by atoms with Crippen LogP contribution in [0.4, 0.5) is 0 Å². The molecule has 1 aromatic carbocycles. The van der Waals surface area contributed by atoms with Crippen molar-refractivity contribution in [2.24, 2.45) is 0 Å². The lowest BCUT2D eigenvalue weighted by Gasteiger charge is -2.19. The first-order chi connectivity index (χ1) is 9.29. The molecule has 0 amide bonds. The highest BCUT2D eigenvalue weighted by Crippen LogP contribution is 2.35. The zero-order valence-corrected chi connectivity index (χ0v) is 11.7. The van der Waals surface area contributed by atoms with E-state index in [1.807, 2.05) is 12.1 Å². The van der Waals surface area contributed by atoms with Crippen LogP contribution in [0.1, 0.15) is 37.4 Å². The Kier molecular flexibility index (Phi) is 3.33. The Morgan fingerprint density at radius 2 is 1.68 bits per heavy atom. The quantitative estimate of drug-likeness (QED) is 0.782. The van der Waals surface area contributed by atoms with Crippen LogP contribution in [-0.2, 0) is 0 Å². The van der Waals surface area contributed by atoms with Gasteiger partial charge in [-0.15, -0.1) is 0 Å². The summed E-state index contributed by atoms with van der Waals surface area (Å²) in [7, 11) is 1.71. The molecular weight excluding hydrogens is 234 g/mol. The summed E-state index contributed by atoms with van der Waals surface area (Å²) in [6.45, 7) is 2.21. The first-order valence-electron chi connectivity index (χ1n) is 7.12. The van der Waals surface area contributed by atoms with Crippen LogP contribution in [0.25, 0.3) is 11.3 Å². The van der Waals surface area contributed by atoms with Crippen LogP contribution in [0.3, 0.4) is 0 Å². The van der Waals surface area contributed by atoms with Gasteiger partial charge < -0.3 is 9.30 Å². The van der Waals surface area contributed by atoms with Gasteiger partial charge in [0.2, 0.25) is 0 Å². The van der Waals surface area contributed by atoms with Crippen LogP contribution in [0, 0.1) is 6.92 Å². The molecular formula is C17H21NO. The van der Waals surface area contributed by atoms with E-state index in [0.29, 0.717) is 6.04 Å². The summed E-state index contributed by atoms with van der Waals surface area (Å²) in [6.07, 6.45) is 5.37. The fourth-order valence-corrected chi connectivity index (χ4v) is 3.19. The molecule has 1 aliphatic carbocycles. The Morgan fingerprint density at radius 1 is 1.00 bits per heavy atom. The van der Waals surface area contributed by atoms with Crippen LogP contribution in [0.2, 0.25) is 0 Å². The van der Waals surface area contributed by atoms with E-state index in [4.69, 9.17) is 4.74 Å². The van der Waals surface area contributed by atoms with Gasteiger partial charge in [-0.3, -0.25) is 0 Å². The van der Waals surface area contributed by atoms with Gasteiger partial charge in [0.15, 0.2) is 0 Å². The summed E-state index contributed by atoms with van der Waals surface area (Å²) >= 11 is 0. The van der Waals surface area contributed by atoms with Crippen LogP contribution >= 0.6 is 0 Å². The van der Waals surface area contributed by atoms with Crippen LogP contribution in [0.15, 0.2) is 36.4 Å². The zero-order chi connectivity index (χ0) is 13.2. The van der Waals surface area contributed by atoms with Crippen molar-refractivity contribution in [3.05, 3.63) is 42.1 Å². The van der Waals surface area contributed by atoms with E-state index in [2.05, 4.69) is 35.8 Å². The second-order valence-electron chi connectivity index (χ2n) is 5.40. The van der Waals surface area contributed by atoms with E-state index in [0.717, 1.165) is 5.75 Å². The van der Waals surface area contributed by atoms with Crippen LogP contribution in [0.5, 0.6) is 5.75 Å². The molecule has 0 saturated heterocycles. The molecule has 0 spiro atoms. The third-order valence-corrected chi connectivity index (χ3v) is 4.20. The molecule has 1 heterocycles. The molecule has 2 nitrogen and oxygen atoms in total. The van der Waals surface area contributed by atoms with E-state index < -0.39 is 0 Å². The van der Waals surface area contributed by atoms with Crippen molar-refractivity contribution in [2.45, 2.75) is 38.6 Å². The van der Waals surface area contributed by atoms with Gasteiger partial charge in [-0.1, -0.05) is 12.8 Å². The van der Waals surface area contributed by atoms with Crippen molar-refractivity contribution in [2.75, 3.05) is 7.11 Å². The smallest absolute Gasteiger partial charge is 0.118 e. The van der Waals surface area contributed by atoms with Gasteiger partial charge in [0, 0.05) is 17.4 Å². The maximum atomic E-state index is 5.23. The number of hydrogen-bond acceptors (Lipinski definition) is 1. The molecule has 2 aromatic rings. The molecule has 0 bridgehead atoms. The summed E-state index contributed by atoms with van der Waals surface area (Å²) in [6, 6.07) is 13.5. The van der Waals surface area contributed by atoms with Gasteiger partial charge in [0.25, 0.3) is 0 Å². The lowest BCUT2D eigenvalue weighted by atomic mass is 10.1. The summed E-state index contributed by atoms with van der Waals surface area (Å²) in [5, 5.41) is 0. The minimum Gasteiger partial charge on any atom is -0.497 e. The van der Waals surface area contributed by atoms with Gasteiger partial charge in [-0.2, -0.15) is 0 Å².